The average molecular weight is 309 g/mol. The van der Waals surface area contributed by atoms with Crippen LogP contribution in [-0.4, -0.2) is 61.0 Å². The van der Waals surface area contributed by atoms with Crippen LogP contribution < -0.4 is 0 Å². The topological polar surface area (TPSA) is 59.0 Å². The lowest BCUT2D eigenvalue weighted by Crippen LogP contribution is -2.57. The molecule has 1 N–H and O–H groups in total. The SMILES string of the molecule is O=C(CN1CCOCC1)OCC12CC3CC(CC(O)(C3)C1)C2. The molecule has 4 bridgehead atoms. The molecule has 1 saturated heterocycles. The zero-order chi connectivity index (χ0) is 15.2. The molecule has 1 aliphatic heterocycles. The molecule has 0 aromatic carbocycles. The Morgan fingerprint density at radius 2 is 1.86 bits per heavy atom. The van der Waals surface area contributed by atoms with E-state index in [2.05, 4.69) is 4.90 Å². The average Bonchev–Trinajstić information content (AvgIpc) is 2.44. The Balaban J connectivity index is 1.32. The van der Waals surface area contributed by atoms with Gasteiger partial charge in [-0.25, -0.2) is 0 Å². The van der Waals surface area contributed by atoms with E-state index in [4.69, 9.17) is 9.47 Å². The van der Waals surface area contributed by atoms with E-state index in [1.807, 2.05) is 0 Å². The van der Waals surface area contributed by atoms with Crippen molar-refractivity contribution in [2.24, 2.45) is 17.3 Å². The second kappa shape index (κ2) is 5.46. The molecule has 0 spiro atoms. The van der Waals surface area contributed by atoms with E-state index >= 15 is 0 Å². The number of morpholine rings is 1. The minimum Gasteiger partial charge on any atom is -0.464 e. The zero-order valence-electron chi connectivity index (χ0n) is 13.3. The molecule has 2 unspecified atom stereocenters. The van der Waals surface area contributed by atoms with Crippen LogP contribution in [0.4, 0.5) is 0 Å². The summed E-state index contributed by atoms with van der Waals surface area (Å²) >= 11 is 0. The molecule has 0 amide bonds. The summed E-state index contributed by atoms with van der Waals surface area (Å²) in [5.74, 6) is 1.16. The van der Waals surface area contributed by atoms with Gasteiger partial charge in [0, 0.05) is 18.5 Å². The third kappa shape index (κ3) is 2.91. The van der Waals surface area contributed by atoms with Crippen LogP contribution in [-0.2, 0) is 14.3 Å². The Morgan fingerprint density at radius 3 is 2.50 bits per heavy atom. The Morgan fingerprint density at radius 1 is 1.18 bits per heavy atom. The smallest absolute Gasteiger partial charge is 0.320 e. The quantitative estimate of drug-likeness (QED) is 0.791. The molecule has 22 heavy (non-hydrogen) atoms. The van der Waals surface area contributed by atoms with Gasteiger partial charge in [-0.1, -0.05) is 0 Å². The standard InChI is InChI=1S/C17H27NO4/c19-15(10-18-1-3-21-4-2-18)22-12-16-6-13-5-14(7-16)9-17(20,8-13)11-16/h13-14,20H,1-12H2. The van der Waals surface area contributed by atoms with Gasteiger partial charge in [-0.05, 0) is 50.4 Å². The number of hydrogen-bond acceptors (Lipinski definition) is 5. The first-order valence-electron chi connectivity index (χ1n) is 8.72. The van der Waals surface area contributed by atoms with Gasteiger partial charge in [0.05, 0.1) is 32.0 Å². The number of aliphatic hydroxyl groups is 1. The van der Waals surface area contributed by atoms with Crippen molar-refractivity contribution in [1.29, 1.82) is 0 Å². The minimum atomic E-state index is -0.472. The summed E-state index contributed by atoms with van der Waals surface area (Å²) in [6.45, 7) is 3.90. The maximum absolute atomic E-state index is 12.1. The second-order valence-electron chi connectivity index (χ2n) is 8.23. The lowest BCUT2D eigenvalue weighted by atomic mass is 9.48. The molecule has 0 radical (unpaired) electrons. The largest absolute Gasteiger partial charge is 0.464 e. The number of nitrogens with zero attached hydrogens (tertiary/aromatic N) is 1. The molecule has 5 heteroatoms. The van der Waals surface area contributed by atoms with Crippen molar-refractivity contribution in [2.75, 3.05) is 39.5 Å². The Hall–Kier alpha value is -0.650. The third-order valence-electron chi connectivity index (χ3n) is 6.15. The van der Waals surface area contributed by atoms with E-state index in [9.17, 15) is 9.90 Å². The lowest BCUT2D eigenvalue weighted by molar-refractivity contribution is -0.187. The molecule has 0 aromatic heterocycles. The van der Waals surface area contributed by atoms with E-state index in [0.717, 1.165) is 45.2 Å². The van der Waals surface area contributed by atoms with E-state index < -0.39 is 5.60 Å². The summed E-state index contributed by atoms with van der Waals surface area (Å²) < 4.78 is 10.9. The molecule has 5 fully saturated rings. The molecule has 5 aliphatic rings. The van der Waals surface area contributed by atoms with Gasteiger partial charge < -0.3 is 14.6 Å². The highest BCUT2D eigenvalue weighted by Gasteiger charge is 2.57. The van der Waals surface area contributed by atoms with Gasteiger partial charge in [-0.3, -0.25) is 9.69 Å². The molecule has 5 nitrogen and oxygen atoms in total. The predicted octanol–water partition coefficient (Wildman–Crippen LogP) is 1.19. The lowest BCUT2D eigenvalue weighted by Gasteiger charge is -2.59. The number of hydrogen-bond donors (Lipinski definition) is 1. The summed E-state index contributed by atoms with van der Waals surface area (Å²) in [6, 6.07) is 0. The maximum atomic E-state index is 12.1. The zero-order valence-corrected chi connectivity index (χ0v) is 13.3. The molecule has 4 saturated carbocycles. The van der Waals surface area contributed by atoms with Gasteiger partial charge in [0.2, 0.25) is 0 Å². The first-order valence-corrected chi connectivity index (χ1v) is 8.72. The van der Waals surface area contributed by atoms with Crippen LogP contribution in [0.1, 0.15) is 38.5 Å². The molecule has 5 rings (SSSR count). The number of ether oxygens (including phenoxy) is 2. The van der Waals surface area contributed by atoms with Crippen LogP contribution in [0.15, 0.2) is 0 Å². The second-order valence-corrected chi connectivity index (χ2v) is 8.23. The van der Waals surface area contributed by atoms with Crippen molar-refractivity contribution >= 4 is 5.97 Å². The van der Waals surface area contributed by atoms with Crippen LogP contribution in [0.5, 0.6) is 0 Å². The highest BCUT2D eigenvalue weighted by molar-refractivity contribution is 5.71. The van der Waals surface area contributed by atoms with Crippen molar-refractivity contribution in [3.63, 3.8) is 0 Å². The van der Waals surface area contributed by atoms with Gasteiger partial charge in [0.1, 0.15) is 0 Å². The fourth-order valence-electron chi connectivity index (χ4n) is 5.79. The normalized spacial score (nSPS) is 44.2. The van der Waals surface area contributed by atoms with Gasteiger partial charge in [0.15, 0.2) is 0 Å². The highest BCUT2D eigenvalue weighted by atomic mass is 16.5. The minimum absolute atomic E-state index is 0.0551. The molecule has 0 aromatic rings. The van der Waals surface area contributed by atoms with Gasteiger partial charge in [0.25, 0.3) is 0 Å². The van der Waals surface area contributed by atoms with Gasteiger partial charge in [-0.15, -0.1) is 0 Å². The molecule has 124 valence electrons. The van der Waals surface area contributed by atoms with E-state index in [-0.39, 0.29) is 11.4 Å². The van der Waals surface area contributed by atoms with Crippen LogP contribution >= 0.6 is 0 Å². The summed E-state index contributed by atoms with van der Waals surface area (Å²) in [5.41, 5.74) is -0.416. The van der Waals surface area contributed by atoms with Crippen LogP contribution in [0, 0.1) is 17.3 Å². The van der Waals surface area contributed by atoms with Gasteiger partial charge >= 0.3 is 5.97 Å². The molecule has 2 atom stereocenters. The number of rotatable bonds is 4. The van der Waals surface area contributed by atoms with Crippen molar-refractivity contribution < 1.29 is 19.4 Å². The summed E-state index contributed by atoms with van der Waals surface area (Å²) in [4.78, 5) is 14.2. The fraction of sp³-hybridized carbons (Fsp3) is 0.941. The first kappa shape index (κ1) is 14.9. The van der Waals surface area contributed by atoms with Crippen LogP contribution in [0.2, 0.25) is 0 Å². The van der Waals surface area contributed by atoms with Crippen molar-refractivity contribution in [2.45, 2.75) is 44.1 Å². The fourth-order valence-corrected chi connectivity index (χ4v) is 5.79. The maximum Gasteiger partial charge on any atom is 0.320 e. The highest BCUT2D eigenvalue weighted by Crippen LogP contribution is 2.61. The number of carbonyl (C=O) groups excluding carboxylic acids is 1. The molecular formula is C17H27NO4. The van der Waals surface area contributed by atoms with Crippen molar-refractivity contribution in [1.82, 2.24) is 4.90 Å². The Bertz CT molecular complexity index is 432. The monoisotopic (exact) mass is 309 g/mol. The van der Waals surface area contributed by atoms with Crippen LogP contribution in [0.3, 0.4) is 0 Å². The Labute approximate surface area is 131 Å². The first-order chi connectivity index (χ1) is 10.5. The molecule has 4 aliphatic carbocycles. The van der Waals surface area contributed by atoms with Crippen molar-refractivity contribution in [3.05, 3.63) is 0 Å². The number of carbonyl (C=O) groups is 1. The Kier molecular flexibility index (Phi) is 3.70. The number of esters is 1. The van der Waals surface area contributed by atoms with E-state index in [1.165, 1.54) is 6.42 Å². The van der Waals surface area contributed by atoms with E-state index in [0.29, 0.717) is 38.2 Å². The third-order valence-corrected chi connectivity index (χ3v) is 6.15. The molecule has 1 heterocycles. The summed E-state index contributed by atoms with van der Waals surface area (Å²) in [6.07, 6.45) is 6.30. The summed E-state index contributed by atoms with van der Waals surface area (Å²) in [7, 11) is 0. The van der Waals surface area contributed by atoms with E-state index in [1.54, 1.807) is 0 Å². The van der Waals surface area contributed by atoms with Crippen LogP contribution in [0.25, 0.3) is 0 Å². The summed E-state index contributed by atoms with van der Waals surface area (Å²) in [5, 5.41) is 10.7. The molecular weight excluding hydrogens is 282 g/mol. The van der Waals surface area contributed by atoms with Crippen molar-refractivity contribution in [3.8, 4) is 0 Å². The predicted molar refractivity (Wildman–Crippen MR) is 80.3 cm³/mol. The van der Waals surface area contributed by atoms with Gasteiger partial charge in [-0.2, -0.15) is 0 Å².